The van der Waals surface area contributed by atoms with Crippen molar-refractivity contribution in [2.75, 3.05) is 19.0 Å². The van der Waals surface area contributed by atoms with Gasteiger partial charge in [0.1, 0.15) is 0 Å². The highest BCUT2D eigenvalue weighted by Crippen LogP contribution is 2.34. The SMILES string of the molecule is O=C(CCl)C1CN(C(c2ccccc2)c2ccccc2)C1. The van der Waals surface area contributed by atoms with Crippen LogP contribution < -0.4 is 0 Å². The van der Waals surface area contributed by atoms with Crippen LogP contribution in [0.4, 0.5) is 0 Å². The molecular formula is C18H18ClNO. The predicted octanol–water partition coefficient (Wildman–Crippen LogP) is 3.52. The molecule has 108 valence electrons. The third-order valence-electron chi connectivity index (χ3n) is 4.09. The van der Waals surface area contributed by atoms with Gasteiger partial charge < -0.3 is 0 Å². The molecule has 0 saturated carbocycles. The van der Waals surface area contributed by atoms with Crippen LogP contribution in [0.15, 0.2) is 60.7 Å². The molecule has 0 spiro atoms. The van der Waals surface area contributed by atoms with Crippen molar-refractivity contribution in [2.45, 2.75) is 6.04 Å². The molecule has 0 aliphatic carbocycles. The van der Waals surface area contributed by atoms with Gasteiger partial charge >= 0.3 is 0 Å². The molecule has 0 aromatic heterocycles. The zero-order valence-electron chi connectivity index (χ0n) is 11.8. The fraction of sp³-hybridized carbons (Fsp3) is 0.278. The molecule has 0 amide bonds. The Bertz CT molecular complexity index is 554. The smallest absolute Gasteiger partial charge is 0.153 e. The number of likely N-dealkylation sites (tertiary alicyclic amines) is 1. The van der Waals surface area contributed by atoms with E-state index in [1.165, 1.54) is 11.1 Å². The van der Waals surface area contributed by atoms with Crippen molar-refractivity contribution in [1.29, 1.82) is 0 Å². The lowest BCUT2D eigenvalue weighted by Gasteiger charge is -2.44. The summed E-state index contributed by atoms with van der Waals surface area (Å²) >= 11 is 5.65. The van der Waals surface area contributed by atoms with E-state index in [2.05, 4.69) is 53.4 Å². The highest BCUT2D eigenvalue weighted by atomic mass is 35.5. The molecule has 21 heavy (non-hydrogen) atoms. The van der Waals surface area contributed by atoms with Gasteiger partial charge in [-0.05, 0) is 11.1 Å². The summed E-state index contributed by atoms with van der Waals surface area (Å²) < 4.78 is 0. The number of alkyl halides is 1. The van der Waals surface area contributed by atoms with Gasteiger partial charge in [-0.1, -0.05) is 60.7 Å². The molecule has 1 aliphatic heterocycles. The molecule has 1 fully saturated rings. The van der Waals surface area contributed by atoms with Gasteiger partial charge in [-0.25, -0.2) is 0 Å². The van der Waals surface area contributed by atoms with Crippen molar-refractivity contribution in [3.8, 4) is 0 Å². The van der Waals surface area contributed by atoms with Gasteiger partial charge in [0.25, 0.3) is 0 Å². The van der Waals surface area contributed by atoms with E-state index in [0.29, 0.717) is 0 Å². The lowest BCUT2D eigenvalue weighted by molar-refractivity contribution is -0.126. The number of rotatable bonds is 5. The van der Waals surface area contributed by atoms with Crippen LogP contribution >= 0.6 is 11.6 Å². The second kappa shape index (κ2) is 6.42. The molecule has 1 saturated heterocycles. The second-order valence-electron chi connectivity index (χ2n) is 5.47. The van der Waals surface area contributed by atoms with Gasteiger partial charge in [0, 0.05) is 19.0 Å². The van der Waals surface area contributed by atoms with E-state index in [9.17, 15) is 4.79 Å². The fourth-order valence-electron chi connectivity index (χ4n) is 2.92. The molecule has 3 rings (SSSR count). The summed E-state index contributed by atoms with van der Waals surface area (Å²) in [6.45, 7) is 1.58. The van der Waals surface area contributed by atoms with Crippen LogP contribution in [0.2, 0.25) is 0 Å². The van der Waals surface area contributed by atoms with Crippen molar-refractivity contribution >= 4 is 17.4 Å². The third-order valence-corrected chi connectivity index (χ3v) is 4.36. The first-order valence-electron chi connectivity index (χ1n) is 7.22. The topological polar surface area (TPSA) is 20.3 Å². The highest BCUT2D eigenvalue weighted by molar-refractivity contribution is 6.28. The van der Waals surface area contributed by atoms with Crippen LogP contribution in [0.25, 0.3) is 0 Å². The van der Waals surface area contributed by atoms with E-state index in [1.54, 1.807) is 0 Å². The normalized spacial score (nSPS) is 15.9. The quantitative estimate of drug-likeness (QED) is 0.787. The Kier molecular flexibility index (Phi) is 4.37. The van der Waals surface area contributed by atoms with Gasteiger partial charge in [0.05, 0.1) is 11.9 Å². The second-order valence-corrected chi connectivity index (χ2v) is 5.74. The summed E-state index contributed by atoms with van der Waals surface area (Å²) in [6, 6.07) is 21.1. The lowest BCUT2D eigenvalue weighted by atomic mass is 9.88. The third kappa shape index (κ3) is 3.02. The number of carbonyl (C=O) groups excluding carboxylic acids is 1. The molecule has 0 N–H and O–H groups in total. The van der Waals surface area contributed by atoms with Gasteiger partial charge in [0.15, 0.2) is 5.78 Å². The zero-order chi connectivity index (χ0) is 14.7. The van der Waals surface area contributed by atoms with Gasteiger partial charge in [-0.2, -0.15) is 0 Å². The molecule has 0 radical (unpaired) electrons. The van der Waals surface area contributed by atoms with E-state index in [-0.39, 0.29) is 23.6 Å². The molecule has 1 aliphatic rings. The minimum Gasteiger partial charge on any atom is -0.298 e. The number of halogens is 1. The Morgan fingerprint density at radius 2 is 1.48 bits per heavy atom. The average molecular weight is 300 g/mol. The molecule has 0 unspecified atom stereocenters. The number of Topliss-reactive ketones (excluding diaryl/α,β-unsaturated/α-hetero) is 1. The first kappa shape index (κ1) is 14.3. The summed E-state index contributed by atoms with van der Waals surface area (Å²) in [7, 11) is 0. The van der Waals surface area contributed by atoms with Crippen LogP contribution in [0.5, 0.6) is 0 Å². The number of hydrogen-bond donors (Lipinski definition) is 0. The minimum atomic E-state index is 0.0948. The Morgan fingerprint density at radius 1 is 1.00 bits per heavy atom. The number of nitrogens with zero attached hydrogens (tertiary/aromatic N) is 1. The number of carbonyl (C=O) groups is 1. The van der Waals surface area contributed by atoms with Crippen LogP contribution in [-0.4, -0.2) is 29.7 Å². The molecule has 2 nitrogen and oxygen atoms in total. The highest BCUT2D eigenvalue weighted by Gasteiger charge is 2.37. The average Bonchev–Trinajstić information content (AvgIpc) is 2.51. The monoisotopic (exact) mass is 299 g/mol. The van der Waals surface area contributed by atoms with E-state index < -0.39 is 0 Å². The van der Waals surface area contributed by atoms with Crippen molar-refractivity contribution in [3.05, 3.63) is 71.8 Å². The molecule has 2 aromatic carbocycles. The fourth-order valence-corrected chi connectivity index (χ4v) is 3.14. The first-order valence-corrected chi connectivity index (χ1v) is 7.75. The molecular weight excluding hydrogens is 282 g/mol. The predicted molar refractivity (Wildman–Crippen MR) is 85.5 cm³/mol. The largest absolute Gasteiger partial charge is 0.298 e. The summed E-state index contributed by atoms with van der Waals surface area (Å²) in [6.07, 6.45) is 0. The molecule has 0 atom stereocenters. The minimum absolute atomic E-state index is 0.0948. The van der Waals surface area contributed by atoms with Gasteiger partial charge in [-0.3, -0.25) is 9.69 Å². The first-order chi connectivity index (χ1) is 10.3. The zero-order valence-corrected chi connectivity index (χ0v) is 12.5. The van der Waals surface area contributed by atoms with Crippen LogP contribution in [0.1, 0.15) is 17.2 Å². The maximum absolute atomic E-state index is 11.7. The summed E-state index contributed by atoms with van der Waals surface area (Å²) in [5, 5.41) is 0. The lowest BCUT2D eigenvalue weighted by Crippen LogP contribution is -2.52. The molecule has 0 bridgehead atoms. The molecule has 1 heterocycles. The molecule has 3 heteroatoms. The Morgan fingerprint density at radius 3 is 1.90 bits per heavy atom. The summed E-state index contributed by atoms with van der Waals surface area (Å²) in [5.41, 5.74) is 2.53. The maximum atomic E-state index is 11.7. The Balaban J connectivity index is 1.84. The Hall–Kier alpha value is -1.64. The van der Waals surface area contributed by atoms with Gasteiger partial charge in [0.2, 0.25) is 0 Å². The van der Waals surface area contributed by atoms with E-state index >= 15 is 0 Å². The van der Waals surface area contributed by atoms with Crippen molar-refractivity contribution in [3.63, 3.8) is 0 Å². The van der Waals surface area contributed by atoms with E-state index in [4.69, 9.17) is 11.6 Å². The number of ketones is 1. The van der Waals surface area contributed by atoms with Crippen molar-refractivity contribution in [1.82, 2.24) is 4.90 Å². The van der Waals surface area contributed by atoms with Crippen LogP contribution in [0.3, 0.4) is 0 Å². The Labute approximate surface area is 130 Å². The standard InChI is InChI=1S/C18H18ClNO/c19-11-17(21)16-12-20(13-16)18(14-7-3-1-4-8-14)15-9-5-2-6-10-15/h1-10,16,18H,11-13H2. The summed E-state index contributed by atoms with van der Waals surface area (Å²) in [5.74, 6) is 0.380. The van der Waals surface area contributed by atoms with Crippen LogP contribution in [0, 0.1) is 5.92 Å². The number of hydrogen-bond acceptors (Lipinski definition) is 2. The van der Waals surface area contributed by atoms with E-state index in [0.717, 1.165) is 13.1 Å². The number of benzene rings is 2. The van der Waals surface area contributed by atoms with E-state index in [1.807, 2.05) is 12.1 Å². The van der Waals surface area contributed by atoms with Crippen molar-refractivity contribution < 1.29 is 4.79 Å². The van der Waals surface area contributed by atoms with Gasteiger partial charge in [-0.15, -0.1) is 11.6 Å². The summed E-state index contributed by atoms with van der Waals surface area (Å²) in [4.78, 5) is 14.0. The molecule has 2 aromatic rings. The van der Waals surface area contributed by atoms with Crippen LogP contribution in [-0.2, 0) is 4.79 Å². The van der Waals surface area contributed by atoms with Crippen molar-refractivity contribution in [2.24, 2.45) is 5.92 Å². The maximum Gasteiger partial charge on any atom is 0.153 e.